The SMILES string of the molecule is C=Cc1ccc(COc2ccc(OCc3ccc(CC)cc3)cc2[PH](O)(c2ccccc2)c2ccccc2)cc1. The average Bonchev–Trinajstić information content (AvgIpc) is 3.04. The van der Waals surface area contributed by atoms with E-state index < -0.39 is 7.49 Å². The second kappa shape index (κ2) is 12.8. The van der Waals surface area contributed by atoms with Gasteiger partial charge in [0.15, 0.2) is 0 Å². The summed E-state index contributed by atoms with van der Waals surface area (Å²) in [6.07, 6.45) is 2.83. The summed E-state index contributed by atoms with van der Waals surface area (Å²) in [7, 11) is -3.45. The zero-order valence-electron chi connectivity index (χ0n) is 22.8. The second-order valence-electron chi connectivity index (χ2n) is 9.79. The van der Waals surface area contributed by atoms with Crippen molar-refractivity contribution >= 4 is 29.5 Å². The summed E-state index contributed by atoms with van der Waals surface area (Å²) in [6.45, 7) is 6.80. The molecule has 0 radical (unpaired) electrons. The summed E-state index contributed by atoms with van der Waals surface area (Å²) < 4.78 is 12.7. The van der Waals surface area contributed by atoms with Gasteiger partial charge in [0.1, 0.15) is 0 Å². The molecule has 0 fully saturated rings. The van der Waals surface area contributed by atoms with Gasteiger partial charge in [0.25, 0.3) is 0 Å². The Kier molecular flexibility index (Phi) is 8.76. The number of ether oxygens (including phenoxy) is 2. The molecule has 0 saturated heterocycles. The Morgan fingerprint density at radius 3 is 1.73 bits per heavy atom. The molecule has 3 nitrogen and oxygen atoms in total. The van der Waals surface area contributed by atoms with E-state index in [-0.39, 0.29) is 0 Å². The van der Waals surface area contributed by atoms with E-state index in [2.05, 4.69) is 37.8 Å². The fourth-order valence-electron chi connectivity index (χ4n) is 4.79. The van der Waals surface area contributed by atoms with Gasteiger partial charge in [0.2, 0.25) is 0 Å². The normalized spacial score (nSPS) is 11.6. The molecule has 0 aromatic heterocycles. The standard InChI is InChI=1S/C36H35O3P/c1-3-28-15-19-30(20-16-28)26-38-32-23-24-35(39-27-31-21-17-29(4-2)18-22-31)36(25-32)40(37,33-11-7-5-8-12-33)34-13-9-6-10-14-34/h4-25,37,40H,2-3,26-27H2,1H3. The summed E-state index contributed by atoms with van der Waals surface area (Å²) in [4.78, 5) is 12.7. The Balaban J connectivity index is 1.54. The first-order valence-corrected chi connectivity index (χ1v) is 15.6. The number of rotatable bonds is 11. The van der Waals surface area contributed by atoms with Crippen LogP contribution in [0.25, 0.3) is 6.08 Å². The topological polar surface area (TPSA) is 38.7 Å². The zero-order valence-corrected chi connectivity index (χ0v) is 23.8. The van der Waals surface area contributed by atoms with Crippen LogP contribution in [0, 0.1) is 0 Å². The Morgan fingerprint density at radius 1 is 0.650 bits per heavy atom. The summed E-state index contributed by atoms with van der Waals surface area (Å²) in [6, 6.07) is 42.2. The summed E-state index contributed by atoms with van der Waals surface area (Å²) in [5, 5.41) is 2.52. The number of benzene rings is 5. The van der Waals surface area contributed by atoms with Crippen molar-refractivity contribution in [3.05, 3.63) is 156 Å². The van der Waals surface area contributed by atoms with E-state index >= 15 is 0 Å². The molecule has 0 spiro atoms. The summed E-state index contributed by atoms with van der Waals surface area (Å²) in [5.74, 6) is 1.34. The van der Waals surface area contributed by atoms with Crippen molar-refractivity contribution in [1.29, 1.82) is 0 Å². The Labute approximate surface area is 237 Å². The molecule has 0 bridgehead atoms. The van der Waals surface area contributed by atoms with Gasteiger partial charge >= 0.3 is 238 Å². The predicted octanol–water partition coefficient (Wildman–Crippen LogP) is 6.98. The molecule has 0 aliphatic heterocycles. The van der Waals surface area contributed by atoms with Crippen LogP contribution in [-0.2, 0) is 19.6 Å². The van der Waals surface area contributed by atoms with Crippen molar-refractivity contribution in [2.24, 2.45) is 0 Å². The molecule has 0 aliphatic rings. The van der Waals surface area contributed by atoms with Crippen LogP contribution in [0.5, 0.6) is 11.5 Å². The Bertz CT molecular complexity index is 1490. The summed E-state index contributed by atoms with van der Waals surface area (Å²) in [5.41, 5.74) is 4.50. The van der Waals surface area contributed by atoms with Crippen LogP contribution >= 0.6 is 7.49 Å². The van der Waals surface area contributed by atoms with Crippen LogP contribution in [0.3, 0.4) is 0 Å². The van der Waals surface area contributed by atoms with Gasteiger partial charge in [-0.3, -0.25) is 0 Å². The number of hydrogen-bond acceptors (Lipinski definition) is 3. The molecule has 0 amide bonds. The van der Waals surface area contributed by atoms with E-state index in [1.807, 2.05) is 109 Å². The van der Waals surface area contributed by atoms with Crippen LogP contribution in [0.2, 0.25) is 0 Å². The third-order valence-corrected chi connectivity index (χ3v) is 10.7. The molecule has 4 heteroatoms. The fraction of sp³-hybridized carbons (Fsp3) is 0.111. The minimum absolute atomic E-state index is 0.377. The van der Waals surface area contributed by atoms with Crippen molar-refractivity contribution in [3.63, 3.8) is 0 Å². The van der Waals surface area contributed by atoms with Crippen molar-refractivity contribution in [2.75, 3.05) is 0 Å². The van der Waals surface area contributed by atoms with Crippen molar-refractivity contribution in [3.8, 4) is 11.5 Å². The van der Waals surface area contributed by atoms with Gasteiger partial charge in [0, 0.05) is 0 Å². The van der Waals surface area contributed by atoms with E-state index in [0.717, 1.165) is 39.0 Å². The van der Waals surface area contributed by atoms with Crippen molar-refractivity contribution < 1.29 is 14.4 Å². The van der Waals surface area contributed by atoms with Crippen molar-refractivity contribution in [2.45, 2.75) is 26.6 Å². The molecule has 1 N–H and O–H groups in total. The first-order chi connectivity index (χ1) is 19.6. The maximum atomic E-state index is 12.7. The van der Waals surface area contributed by atoms with Crippen LogP contribution in [-0.4, -0.2) is 4.89 Å². The second-order valence-corrected chi connectivity index (χ2v) is 12.9. The van der Waals surface area contributed by atoms with Crippen LogP contribution in [0.1, 0.15) is 29.2 Å². The third kappa shape index (κ3) is 6.18. The van der Waals surface area contributed by atoms with Crippen LogP contribution in [0.15, 0.2) is 134 Å². The average molecular weight is 547 g/mol. The van der Waals surface area contributed by atoms with Crippen LogP contribution in [0.4, 0.5) is 0 Å². The van der Waals surface area contributed by atoms with Crippen LogP contribution < -0.4 is 25.4 Å². The first kappa shape index (κ1) is 27.4. The van der Waals surface area contributed by atoms with Gasteiger partial charge < -0.3 is 0 Å². The van der Waals surface area contributed by atoms with Gasteiger partial charge in [0.05, 0.1) is 0 Å². The molecule has 0 saturated carbocycles. The molecule has 0 heterocycles. The van der Waals surface area contributed by atoms with E-state index in [1.165, 1.54) is 5.56 Å². The summed E-state index contributed by atoms with van der Waals surface area (Å²) >= 11 is 0. The number of aryl methyl sites for hydroxylation is 1. The molecule has 40 heavy (non-hydrogen) atoms. The molecule has 0 aliphatic carbocycles. The van der Waals surface area contributed by atoms with E-state index in [1.54, 1.807) is 0 Å². The van der Waals surface area contributed by atoms with E-state index in [0.29, 0.717) is 24.7 Å². The molecular weight excluding hydrogens is 511 g/mol. The zero-order chi connectivity index (χ0) is 27.8. The number of hydrogen-bond donors (Lipinski definition) is 1. The maximum absolute atomic E-state index is 12.7. The third-order valence-electron chi connectivity index (χ3n) is 7.17. The first-order valence-electron chi connectivity index (χ1n) is 13.6. The van der Waals surface area contributed by atoms with E-state index in [9.17, 15) is 4.89 Å². The van der Waals surface area contributed by atoms with Gasteiger partial charge in [-0.15, -0.1) is 0 Å². The van der Waals surface area contributed by atoms with Gasteiger partial charge in [-0.05, 0) is 0 Å². The van der Waals surface area contributed by atoms with Gasteiger partial charge in [-0.1, -0.05) is 0 Å². The van der Waals surface area contributed by atoms with E-state index in [4.69, 9.17) is 9.47 Å². The molecule has 0 atom stereocenters. The molecule has 202 valence electrons. The molecule has 5 aromatic carbocycles. The molecule has 5 rings (SSSR count). The monoisotopic (exact) mass is 546 g/mol. The Morgan fingerprint density at radius 2 is 1.18 bits per heavy atom. The minimum atomic E-state index is -3.45. The quantitative estimate of drug-likeness (QED) is 0.182. The fourth-order valence-corrected chi connectivity index (χ4v) is 7.96. The molecule has 5 aromatic rings. The molecule has 0 unspecified atom stereocenters. The molecular formula is C36H35O3P. The van der Waals surface area contributed by atoms with Gasteiger partial charge in [-0.25, -0.2) is 0 Å². The Hall–Kier alpha value is -4.17. The predicted molar refractivity (Wildman–Crippen MR) is 170 cm³/mol. The van der Waals surface area contributed by atoms with Gasteiger partial charge in [-0.2, -0.15) is 0 Å². The van der Waals surface area contributed by atoms with Crippen molar-refractivity contribution in [1.82, 2.24) is 0 Å².